The number of esters is 1. The van der Waals surface area contributed by atoms with Crippen LogP contribution < -0.4 is 11.1 Å². The van der Waals surface area contributed by atoms with Crippen molar-refractivity contribution in [3.05, 3.63) is 70.8 Å². The minimum Gasteiger partial charge on any atom is -0.464 e. The smallest absolute Gasteiger partial charge is 0.322 e. The van der Waals surface area contributed by atoms with Crippen molar-refractivity contribution in [2.75, 3.05) is 6.61 Å². The summed E-state index contributed by atoms with van der Waals surface area (Å²) >= 11 is 0. The van der Waals surface area contributed by atoms with Crippen LogP contribution in [0.2, 0.25) is 0 Å². The van der Waals surface area contributed by atoms with Crippen LogP contribution in [0, 0.1) is 5.92 Å². The van der Waals surface area contributed by atoms with Crippen molar-refractivity contribution in [1.29, 1.82) is 0 Å². The van der Waals surface area contributed by atoms with Gasteiger partial charge in [0.1, 0.15) is 6.04 Å². The normalized spacial score (nSPS) is 14.7. The largest absolute Gasteiger partial charge is 0.464 e. The number of carbonyl (C=O) groups excluding carboxylic acids is 2. The number of hydrogen-bond donors (Lipinski definition) is 2. The van der Waals surface area contributed by atoms with Crippen LogP contribution in [0.3, 0.4) is 0 Å². The molecule has 1 unspecified atom stereocenters. The standard InChI is InChI=1S/C30H31N3O3/c1-17(2)14-23(31)30(35)36-13-7-12-33-24-11-6-5-10-20(24)26-22-16-32-29(34)27(22)25-19-9-4-3-8-18(19)15-21(25)28(26)33/h3-6,8-11,17,23H,7,12-16,31H2,1-2H3,(H,32,34). The first-order valence-corrected chi connectivity index (χ1v) is 12.8. The second-order valence-electron chi connectivity index (χ2n) is 10.4. The summed E-state index contributed by atoms with van der Waals surface area (Å²) in [6.07, 6.45) is 2.11. The zero-order chi connectivity index (χ0) is 25.0. The number of para-hydroxylation sites is 1. The van der Waals surface area contributed by atoms with Crippen LogP contribution in [-0.4, -0.2) is 29.1 Å². The molecule has 0 saturated carbocycles. The van der Waals surface area contributed by atoms with Crippen LogP contribution >= 0.6 is 0 Å². The summed E-state index contributed by atoms with van der Waals surface area (Å²) < 4.78 is 7.89. The Morgan fingerprint density at radius 1 is 1.08 bits per heavy atom. The molecule has 1 aromatic heterocycles. The number of rotatable bonds is 7. The molecule has 184 valence electrons. The molecule has 2 heterocycles. The van der Waals surface area contributed by atoms with Gasteiger partial charge in [-0.25, -0.2) is 0 Å². The summed E-state index contributed by atoms with van der Waals surface area (Å²) in [6, 6.07) is 16.2. The Bertz CT molecular complexity index is 1530. The minimum atomic E-state index is -0.576. The molecule has 3 N–H and O–H groups in total. The van der Waals surface area contributed by atoms with Crippen LogP contribution in [0.1, 0.15) is 53.7 Å². The van der Waals surface area contributed by atoms with Crippen molar-refractivity contribution >= 4 is 33.7 Å². The molecule has 0 saturated heterocycles. The van der Waals surface area contributed by atoms with E-state index in [-0.39, 0.29) is 11.9 Å². The molecule has 0 spiro atoms. The summed E-state index contributed by atoms with van der Waals surface area (Å²) in [7, 11) is 0. The van der Waals surface area contributed by atoms with E-state index in [1.165, 1.54) is 22.0 Å². The fourth-order valence-corrected chi connectivity index (χ4v) is 6.07. The van der Waals surface area contributed by atoms with Gasteiger partial charge in [0.15, 0.2) is 0 Å². The third-order valence-corrected chi connectivity index (χ3v) is 7.52. The van der Waals surface area contributed by atoms with Crippen LogP contribution in [0.4, 0.5) is 0 Å². The van der Waals surface area contributed by atoms with E-state index in [0.717, 1.165) is 39.6 Å². The number of hydrogen-bond acceptors (Lipinski definition) is 4. The second-order valence-corrected chi connectivity index (χ2v) is 10.4. The summed E-state index contributed by atoms with van der Waals surface area (Å²) in [6.45, 7) is 5.67. The second kappa shape index (κ2) is 8.79. The quantitative estimate of drug-likeness (QED) is 0.255. The molecule has 36 heavy (non-hydrogen) atoms. The SMILES string of the molecule is CC(C)CC(N)C(=O)OCCCn1c2ccccc2c2c3c(c4c(c21)Cc1ccccc1-4)C(=O)NC3. The number of nitrogens with zero attached hydrogens (tertiary/aromatic N) is 1. The van der Waals surface area contributed by atoms with Crippen molar-refractivity contribution < 1.29 is 14.3 Å². The number of amides is 1. The van der Waals surface area contributed by atoms with Gasteiger partial charge in [0.2, 0.25) is 0 Å². The van der Waals surface area contributed by atoms with Crippen molar-refractivity contribution in [3.8, 4) is 11.1 Å². The predicted molar refractivity (Wildman–Crippen MR) is 142 cm³/mol. The highest BCUT2D eigenvalue weighted by molar-refractivity contribution is 6.20. The van der Waals surface area contributed by atoms with Gasteiger partial charge in [0.25, 0.3) is 5.91 Å². The van der Waals surface area contributed by atoms with Crippen LogP contribution in [-0.2, 0) is 29.0 Å². The number of aryl methyl sites for hydroxylation is 1. The molecule has 1 amide bonds. The van der Waals surface area contributed by atoms with Gasteiger partial charge in [-0.3, -0.25) is 9.59 Å². The summed E-state index contributed by atoms with van der Waals surface area (Å²) in [5.41, 5.74) is 15.0. The maximum absolute atomic E-state index is 13.0. The first kappa shape index (κ1) is 22.8. The third-order valence-electron chi connectivity index (χ3n) is 7.52. The lowest BCUT2D eigenvalue weighted by Crippen LogP contribution is -2.33. The molecule has 0 bridgehead atoms. The highest BCUT2D eigenvalue weighted by Crippen LogP contribution is 2.48. The van der Waals surface area contributed by atoms with Crippen LogP contribution in [0.25, 0.3) is 32.9 Å². The van der Waals surface area contributed by atoms with E-state index in [9.17, 15) is 9.59 Å². The fourth-order valence-electron chi connectivity index (χ4n) is 6.07. The molecule has 6 nitrogen and oxygen atoms in total. The van der Waals surface area contributed by atoms with Gasteiger partial charge < -0.3 is 20.4 Å². The predicted octanol–water partition coefficient (Wildman–Crippen LogP) is 4.92. The Morgan fingerprint density at radius 2 is 1.86 bits per heavy atom. The number of carbonyl (C=O) groups is 2. The van der Waals surface area contributed by atoms with E-state index < -0.39 is 6.04 Å². The molecule has 4 aromatic rings. The highest BCUT2D eigenvalue weighted by atomic mass is 16.5. The lowest BCUT2D eigenvalue weighted by molar-refractivity contribution is -0.145. The van der Waals surface area contributed by atoms with Gasteiger partial charge in [0.05, 0.1) is 17.7 Å². The molecule has 6 rings (SSSR count). The zero-order valence-electron chi connectivity index (χ0n) is 20.8. The fraction of sp³-hybridized carbons (Fsp3) is 0.333. The number of aromatic nitrogens is 1. The molecular weight excluding hydrogens is 450 g/mol. The average molecular weight is 482 g/mol. The maximum Gasteiger partial charge on any atom is 0.322 e. The van der Waals surface area contributed by atoms with Gasteiger partial charge in [-0.05, 0) is 47.1 Å². The Balaban J connectivity index is 1.42. The summed E-state index contributed by atoms with van der Waals surface area (Å²) in [5.74, 6) is 0.0328. The molecule has 0 fully saturated rings. The highest BCUT2D eigenvalue weighted by Gasteiger charge is 2.35. The molecule has 1 aliphatic carbocycles. The molecule has 1 aliphatic heterocycles. The van der Waals surface area contributed by atoms with Crippen molar-refractivity contribution in [2.45, 2.75) is 52.2 Å². The number of fused-ring (bicyclic) bond motifs is 10. The number of ether oxygens (including phenoxy) is 1. The third kappa shape index (κ3) is 3.51. The van der Waals surface area contributed by atoms with E-state index in [1.807, 2.05) is 19.9 Å². The van der Waals surface area contributed by atoms with Gasteiger partial charge in [-0.1, -0.05) is 56.3 Å². The van der Waals surface area contributed by atoms with E-state index in [1.54, 1.807) is 0 Å². The molecule has 3 aromatic carbocycles. The van der Waals surface area contributed by atoms with E-state index >= 15 is 0 Å². The van der Waals surface area contributed by atoms with Gasteiger partial charge in [-0.2, -0.15) is 0 Å². The van der Waals surface area contributed by atoms with Gasteiger partial charge >= 0.3 is 5.97 Å². The van der Waals surface area contributed by atoms with Crippen molar-refractivity contribution in [1.82, 2.24) is 9.88 Å². The lowest BCUT2D eigenvalue weighted by atomic mass is 9.92. The zero-order valence-corrected chi connectivity index (χ0v) is 20.8. The first-order chi connectivity index (χ1) is 17.5. The molecule has 6 heteroatoms. The van der Waals surface area contributed by atoms with Crippen molar-refractivity contribution in [3.63, 3.8) is 0 Å². The topological polar surface area (TPSA) is 86.4 Å². The molecule has 2 aliphatic rings. The Kier molecular flexibility index (Phi) is 5.56. The number of nitrogens with two attached hydrogens (primary N) is 1. The monoisotopic (exact) mass is 481 g/mol. The molecule has 1 atom stereocenters. The minimum absolute atomic E-state index is 0.0151. The van der Waals surface area contributed by atoms with Crippen LogP contribution in [0.5, 0.6) is 0 Å². The van der Waals surface area contributed by atoms with E-state index in [4.69, 9.17) is 10.5 Å². The van der Waals surface area contributed by atoms with E-state index in [2.05, 4.69) is 52.3 Å². The molecular formula is C30H31N3O3. The lowest BCUT2D eigenvalue weighted by Gasteiger charge is -2.15. The first-order valence-electron chi connectivity index (χ1n) is 12.8. The molecule has 0 radical (unpaired) electrons. The summed E-state index contributed by atoms with van der Waals surface area (Å²) in [4.78, 5) is 25.4. The Labute approximate surface area is 210 Å². The maximum atomic E-state index is 13.0. The number of benzene rings is 3. The van der Waals surface area contributed by atoms with Gasteiger partial charge in [0, 0.05) is 41.4 Å². The van der Waals surface area contributed by atoms with Crippen LogP contribution in [0.15, 0.2) is 48.5 Å². The van der Waals surface area contributed by atoms with E-state index in [0.29, 0.717) is 38.5 Å². The Morgan fingerprint density at radius 3 is 2.69 bits per heavy atom. The average Bonchev–Trinajstić information content (AvgIpc) is 3.53. The number of nitrogens with one attached hydrogen (secondary N) is 1. The van der Waals surface area contributed by atoms with Gasteiger partial charge in [-0.15, -0.1) is 0 Å². The van der Waals surface area contributed by atoms with Crippen molar-refractivity contribution in [2.24, 2.45) is 11.7 Å². The Hall–Kier alpha value is -3.64. The summed E-state index contributed by atoms with van der Waals surface area (Å²) in [5, 5.41) is 5.41.